The van der Waals surface area contributed by atoms with Crippen molar-refractivity contribution in [1.29, 1.82) is 0 Å². The van der Waals surface area contributed by atoms with E-state index in [2.05, 4.69) is 5.32 Å². The highest BCUT2D eigenvalue weighted by molar-refractivity contribution is 7.11. The van der Waals surface area contributed by atoms with Crippen LogP contribution >= 0.6 is 22.7 Å². The average molecular weight is 289 g/mol. The van der Waals surface area contributed by atoms with Crippen molar-refractivity contribution in [2.45, 2.75) is 12.0 Å². The smallest absolute Gasteiger partial charge is 0.282 e. The number of thiophene rings is 2. The lowest BCUT2D eigenvalue weighted by molar-refractivity contribution is -0.0486. The van der Waals surface area contributed by atoms with Crippen molar-refractivity contribution >= 4 is 22.7 Å². The van der Waals surface area contributed by atoms with Crippen molar-refractivity contribution in [3.8, 4) is 0 Å². The molecule has 0 saturated carbocycles. The van der Waals surface area contributed by atoms with E-state index in [9.17, 15) is 8.78 Å². The van der Waals surface area contributed by atoms with Crippen molar-refractivity contribution in [2.75, 3.05) is 13.2 Å². The largest absolute Gasteiger partial charge is 0.390 e. The van der Waals surface area contributed by atoms with Gasteiger partial charge in [-0.1, -0.05) is 12.1 Å². The fourth-order valence-electron chi connectivity index (χ4n) is 1.56. The SMILES string of the molecule is OCC(F)(F)CNC(c1cccs1)c1cccs1. The summed E-state index contributed by atoms with van der Waals surface area (Å²) in [4.78, 5) is 1.98. The second-order valence-electron chi connectivity index (χ2n) is 3.86. The lowest BCUT2D eigenvalue weighted by Gasteiger charge is -2.20. The lowest BCUT2D eigenvalue weighted by atomic mass is 10.2. The molecule has 0 saturated heterocycles. The molecule has 0 aliphatic heterocycles. The number of rotatable bonds is 6. The molecular formula is C12H13F2NOS2. The fraction of sp³-hybridized carbons (Fsp3) is 0.333. The van der Waals surface area contributed by atoms with Crippen LogP contribution in [0, 0.1) is 0 Å². The minimum absolute atomic E-state index is 0.234. The summed E-state index contributed by atoms with van der Waals surface area (Å²) in [7, 11) is 0. The molecule has 2 heterocycles. The second kappa shape index (κ2) is 5.88. The van der Waals surface area contributed by atoms with E-state index in [1.54, 1.807) is 0 Å². The number of nitrogens with one attached hydrogen (secondary N) is 1. The molecule has 0 aliphatic carbocycles. The Hall–Kier alpha value is -0.820. The number of hydrogen-bond acceptors (Lipinski definition) is 4. The van der Waals surface area contributed by atoms with Crippen molar-refractivity contribution in [1.82, 2.24) is 5.32 Å². The highest BCUT2D eigenvalue weighted by Gasteiger charge is 2.29. The predicted molar refractivity (Wildman–Crippen MR) is 70.5 cm³/mol. The Balaban J connectivity index is 2.12. The van der Waals surface area contributed by atoms with Gasteiger partial charge in [-0.15, -0.1) is 22.7 Å². The van der Waals surface area contributed by atoms with Crippen LogP contribution in [0.1, 0.15) is 15.8 Å². The summed E-state index contributed by atoms with van der Waals surface area (Å²) >= 11 is 3.05. The molecule has 0 aliphatic rings. The van der Waals surface area contributed by atoms with Gasteiger partial charge in [0.05, 0.1) is 12.6 Å². The highest BCUT2D eigenvalue weighted by Crippen LogP contribution is 2.29. The van der Waals surface area contributed by atoms with Gasteiger partial charge in [0.2, 0.25) is 0 Å². The number of halogens is 2. The molecular weight excluding hydrogens is 276 g/mol. The van der Waals surface area contributed by atoms with Gasteiger partial charge < -0.3 is 5.11 Å². The highest BCUT2D eigenvalue weighted by atomic mass is 32.1. The zero-order valence-corrected chi connectivity index (χ0v) is 11.1. The summed E-state index contributed by atoms with van der Waals surface area (Å²) in [5, 5.41) is 15.2. The Morgan fingerprint density at radius 3 is 2.11 bits per heavy atom. The molecule has 2 rings (SSSR count). The van der Waals surface area contributed by atoms with Crippen molar-refractivity contribution < 1.29 is 13.9 Å². The summed E-state index contributed by atoms with van der Waals surface area (Å²) in [6, 6.07) is 7.39. The van der Waals surface area contributed by atoms with E-state index in [-0.39, 0.29) is 6.04 Å². The molecule has 0 fully saturated rings. The van der Waals surface area contributed by atoms with E-state index >= 15 is 0 Å². The van der Waals surface area contributed by atoms with Gasteiger partial charge in [-0.25, -0.2) is 8.78 Å². The van der Waals surface area contributed by atoms with E-state index in [4.69, 9.17) is 5.11 Å². The molecule has 0 bridgehead atoms. The third kappa shape index (κ3) is 3.35. The quantitative estimate of drug-likeness (QED) is 0.856. The van der Waals surface area contributed by atoms with Crippen molar-refractivity contribution in [3.05, 3.63) is 44.8 Å². The van der Waals surface area contributed by atoms with Crippen LogP contribution in [0.5, 0.6) is 0 Å². The van der Waals surface area contributed by atoms with Crippen molar-refractivity contribution in [3.63, 3.8) is 0 Å². The van der Waals surface area contributed by atoms with Crippen LogP contribution in [0.2, 0.25) is 0 Å². The molecule has 0 spiro atoms. The third-order valence-electron chi connectivity index (χ3n) is 2.45. The first kappa shape index (κ1) is 13.6. The number of alkyl halides is 2. The average Bonchev–Trinajstić information content (AvgIpc) is 3.01. The Kier molecular flexibility index (Phi) is 4.45. The molecule has 2 nitrogen and oxygen atoms in total. The van der Waals surface area contributed by atoms with Crippen LogP contribution in [0.3, 0.4) is 0 Å². The normalized spacial score (nSPS) is 12.2. The number of aliphatic hydroxyl groups excluding tert-OH is 1. The van der Waals surface area contributed by atoms with E-state index < -0.39 is 19.1 Å². The Morgan fingerprint density at radius 2 is 1.72 bits per heavy atom. The second-order valence-corrected chi connectivity index (χ2v) is 5.82. The molecule has 0 radical (unpaired) electrons. The molecule has 18 heavy (non-hydrogen) atoms. The molecule has 0 unspecified atom stereocenters. The van der Waals surface area contributed by atoms with Gasteiger partial charge >= 0.3 is 0 Å². The lowest BCUT2D eigenvalue weighted by Crippen LogP contribution is -2.37. The standard InChI is InChI=1S/C12H13F2NOS2/c13-12(14,8-16)7-15-11(9-3-1-5-17-9)10-4-2-6-18-10/h1-6,11,15-16H,7-8H2. The van der Waals surface area contributed by atoms with Crippen LogP contribution < -0.4 is 5.32 Å². The van der Waals surface area contributed by atoms with Gasteiger partial charge in [-0.3, -0.25) is 5.32 Å². The topological polar surface area (TPSA) is 32.3 Å². The van der Waals surface area contributed by atoms with Gasteiger partial charge in [-0.2, -0.15) is 0 Å². The van der Waals surface area contributed by atoms with Crippen LogP contribution in [-0.2, 0) is 0 Å². The minimum Gasteiger partial charge on any atom is -0.390 e. The Bertz CT molecular complexity index is 422. The van der Waals surface area contributed by atoms with E-state index in [0.717, 1.165) is 9.75 Å². The van der Waals surface area contributed by atoms with Gasteiger partial charge in [0.1, 0.15) is 6.61 Å². The monoisotopic (exact) mass is 289 g/mol. The molecule has 2 N–H and O–H groups in total. The van der Waals surface area contributed by atoms with Gasteiger partial charge in [0.15, 0.2) is 0 Å². The predicted octanol–water partition coefficient (Wildman–Crippen LogP) is 3.12. The van der Waals surface area contributed by atoms with Crippen LogP contribution in [0.15, 0.2) is 35.0 Å². The first-order valence-electron chi connectivity index (χ1n) is 5.41. The molecule has 0 amide bonds. The Labute approximate surface area is 112 Å². The molecule has 0 aromatic carbocycles. The molecule has 98 valence electrons. The zero-order valence-electron chi connectivity index (χ0n) is 9.48. The first-order chi connectivity index (χ1) is 8.62. The van der Waals surface area contributed by atoms with Crippen LogP contribution in [0.4, 0.5) is 8.78 Å². The fourth-order valence-corrected chi connectivity index (χ4v) is 3.27. The number of aliphatic hydroxyl groups is 1. The van der Waals surface area contributed by atoms with E-state index in [0.29, 0.717) is 0 Å². The zero-order chi connectivity index (χ0) is 13.0. The maximum Gasteiger partial charge on any atom is 0.282 e. The molecule has 6 heteroatoms. The maximum absolute atomic E-state index is 13.1. The summed E-state index contributed by atoms with van der Waals surface area (Å²) in [5.41, 5.74) is 0. The third-order valence-corrected chi connectivity index (χ3v) is 4.33. The molecule has 2 aromatic rings. The van der Waals surface area contributed by atoms with Gasteiger partial charge in [-0.05, 0) is 22.9 Å². The Morgan fingerprint density at radius 1 is 1.17 bits per heavy atom. The minimum atomic E-state index is -3.09. The van der Waals surface area contributed by atoms with Crippen LogP contribution in [-0.4, -0.2) is 24.2 Å². The summed E-state index contributed by atoms with van der Waals surface area (Å²) < 4.78 is 26.2. The maximum atomic E-state index is 13.1. The summed E-state index contributed by atoms with van der Waals surface area (Å²) in [6.07, 6.45) is 0. The first-order valence-corrected chi connectivity index (χ1v) is 7.17. The van der Waals surface area contributed by atoms with Gasteiger partial charge in [0, 0.05) is 9.75 Å². The summed E-state index contributed by atoms with van der Waals surface area (Å²) in [6.45, 7) is -1.68. The van der Waals surface area contributed by atoms with Crippen LogP contribution in [0.25, 0.3) is 0 Å². The van der Waals surface area contributed by atoms with E-state index in [1.807, 2.05) is 35.0 Å². The number of hydrogen-bond donors (Lipinski definition) is 2. The van der Waals surface area contributed by atoms with Gasteiger partial charge in [0.25, 0.3) is 5.92 Å². The van der Waals surface area contributed by atoms with E-state index in [1.165, 1.54) is 22.7 Å². The van der Waals surface area contributed by atoms with Crippen molar-refractivity contribution in [2.24, 2.45) is 0 Å². The summed E-state index contributed by atoms with van der Waals surface area (Å²) in [5.74, 6) is -3.09. The molecule has 2 aromatic heterocycles. The molecule has 0 atom stereocenters.